The lowest BCUT2D eigenvalue weighted by atomic mass is 10.2. The molecule has 0 spiro atoms. The molecule has 0 amide bonds. The molecular formula is C19H23ClN2O3S. The Morgan fingerprint density at radius 3 is 2.19 bits per heavy atom. The normalized spacial score (nSPS) is 16.5. The highest BCUT2D eigenvalue weighted by Gasteiger charge is 2.28. The van der Waals surface area contributed by atoms with Gasteiger partial charge in [0.1, 0.15) is 12.4 Å². The van der Waals surface area contributed by atoms with E-state index in [0.717, 1.165) is 17.9 Å². The molecule has 1 aliphatic heterocycles. The van der Waals surface area contributed by atoms with Crippen LogP contribution in [0.2, 0.25) is 5.02 Å². The zero-order valence-corrected chi connectivity index (χ0v) is 16.3. The maximum Gasteiger partial charge on any atom is 0.243 e. The van der Waals surface area contributed by atoms with Crippen molar-refractivity contribution in [2.24, 2.45) is 0 Å². The van der Waals surface area contributed by atoms with Crippen LogP contribution in [0.4, 0.5) is 0 Å². The summed E-state index contributed by atoms with van der Waals surface area (Å²) in [5.74, 6) is 0.787. The van der Waals surface area contributed by atoms with Crippen LogP contribution in [0.3, 0.4) is 0 Å². The number of halogens is 1. The maximum absolute atomic E-state index is 12.7. The number of sulfonamides is 1. The molecule has 1 fully saturated rings. The van der Waals surface area contributed by atoms with Gasteiger partial charge in [0.2, 0.25) is 10.0 Å². The van der Waals surface area contributed by atoms with Gasteiger partial charge in [-0.25, -0.2) is 8.42 Å². The second-order valence-electron chi connectivity index (χ2n) is 6.36. The third-order valence-corrected chi connectivity index (χ3v) is 6.64. The van der Waals surface area contributed by atoms with Crippen LogP contribution < -0.4 is 4.74 Å². The summed E-state index contributed by atoms with van der Waals surface area (Å²) in [6, 6.07) is 14.3. The van der Waals surface area contributed by atoms with Crippen molar-refractivity contribution in [1.29, 1.82) is 0 Å². The van der Waals surface area contributed by atoms with Crippen molar-refractivity contribution in [3.05, 3.63) is 59.1 Å². The molecule has 0 bridgehead atoms. The zero-order valence-electron chi connectivity index (χ0n) is 14.8. The van der Waals surface area contributed by atoms with Crippen molar-refractivity contribution < 1.29 is 13.2 Å². The van der Waals surface area contributed by atoms with Crippen LogP contribution in [0.15, 0.2) is 53.4 Å². The lowest BCUT2D eigenvalue weighted by Gasteiger charge is -2.33. The van der Waals surface area contributed by atoms with Gasteiger partial charge in [-0.1, -0.05) is 29.3 Å². The number of hydrogen-bond acceptors (Lipinski definition) is 4. The first-order chi connectivity index (χ1) is 12.4. The molecule has 1 saturated heterocycles. The Balaban J connectivity index is 1.47. The fraction of sp³-hybridized carbons (Fsp3) is 0.368. The van der Waals surface area contributed by atoms with Crippen LogP contribution in [0.1, 0.15) is 5.56 Å². The standard InChI is InChI=1S/C19H23ClN2O3S/c1-16-2-8-19(9-3-16)26(23,24)22-12-10-21(11-13-22)14-15-25-18-6-4-17(20)5-7-18/h2-9H,10-15H2,1H3. The van der Waals surface area contributed by atoms with Gasteiger partial charge in [0, 0.05) is 37.7 Å². The van der Waals surface area contributed by atoms with E-state index in [2.05, 4.69) is 4.90 Å². The number of hydrogen-bond donors (Lipinski definition) is 0. The number of rotatable bonds is 6. The summed E-state index contributed by atoms with van der Waals surface area (Å²) in [5, 5.41) is 0.684. The van der Waals surface area contributed by atoms with Gasteiger partial charge in [-0.2, -0.15) is 4.31 Å². The summed E-state index contributed by atoms with van der Waals surface area (Å²) >= 11 is 5.85. The third kappa shape index (κ3) is 4.76. The van der Waals surface area contributed by atoms with Gasteiger partial charge in [-0.05, 0) is 43.3 Å². The van der Waals surface area contributed by atoms with Crippen LogP contribution in [-0.4, -0.2) is 57.0 Å². The Labute approximate surface area is 160 Å². The Bertz CT molecular complexity index is 815. The zero-order chi connectivity index (χ0) is 18.6. The molecule has 5 nitrogen and oxygen atoms in total. The smallest absolute Gasteiger partial charge is 0.243 e. The summed E-state index contributed by atoms with van der Waals surface area (Å²) in [6.45, 7) is 5.67. The Morgan fingerprint density at radius 2 is 1.58 bits per heavy atom. The lowest BCUT2D eigenvalue weighted by Crippen LogP contribution is -2.49. The van der Waals surface area contributed by atoms with Crippen molar-refractivity contribution in [1.82, 2.24) is 9.21 Å². The minimum atomic E-state index is -3.41. The Morgan fingerprint density at radius 1 is 0.962 bits per heavy atom. The van der Waals surface area contributed by atoms with Gasteiger partial charge in [0.25, 0.3) is 0 Å². The summed E-state index contributed by atoms with van der Waals surface area (Å²) < 4.78 is 32.7. The van der Waals surface area contributed by atoms with Gasteiger partial charge in [0.05, 0.1) is 4.90 Å². The molecule has 0 atom stereocenters. The van der Waals surface area contributed by atoms with Crippen LogP contribution in [0.25, 0.3) is 0 Å². The van der Waals surface area contributed by atoms with E-state index in [1.165, 1.54) is 0 Å². The second kappa shape index (κ2) is 8.39. The molecule has 0 aliphatic carbocycles. The molecule has 140 valence electrons. The second-order valence-corrected chi connectivity index (χ2v) is 8.74. The van der Waals surface area contributed by atoms with Crippen LogP contribution in [0, 0.1) is 6.92 Å². The quantitative estimate of drug-likeness (QED) is 0.755. The van der Waals surface area contributed by atoms with Gasteiger partial charge in [-0.15, -0.1) is 0 Å². The fourth-order valence-corrected chi connectivity index (χ4v) is 4.42. The summed E-state index contributed by atoms with van der Waals surface area (Å²) in [5.41, 5.74) is 1.05. The van der Waals surface area contributed by atoms with E-state index in [-0.39, 0.29) is 0 Å². The molecule has 0 aromatic heterocycles. The highest BCUT2D eigenvalue weighted by molar-refractivity contribution is 7.89. The predicted octanol–water partition coefficient (Wildman–Crippen LogP) is 3.03. The van der Waals surface area contributed by atoms with Gasteiger partial charge < -0.3 is 4.74 Å². The van der Waals surface area contributed by atoms with E-state index in [4.69, 9.17) is 16.3 Å². The molecule has 0 N–H and O–H groups in total. The summed E-state index contributed by atoms with van der Waals surface area (Å²) in [6.07, 6.45) is 0. The molecule has 0 unspecified atom stereocenters. The van der Waals surface area contributed by atoms with Gasteiger partial charge in [0.15, 0.2) is 0 Å². The van der Waals surface area contributed by atoms with Gasteiger partial charge in [-0.3, -0.25) is 4.90 Å². The SMILES string of the molecule is Cc1ccc(S(=O)(=O)N2CCN(CCOc3ccc(Cl)cc3)CC2)cc1. The molecule has 0 saturated carbocycles. The summed E-state index contributed by atoms with van der Waals surface area (Å²) in [4.78, 5) is 2.58. The van der Waals surface area contributed by atoms with Crippen molar-refractivity contribution in [3.8, 4) is 5.75 Å². The van der Waals surface area contributed by atoms with Crippen molar-refractivity contribution in [2.45, 2.75) is 11.8 Å². The molecule has 3 rings (SSSR count). The predicted molar refractivity (Wildman–Crippen MR) is 103 cm³/mol. The molecule has 1 aliphatic rings. The van der Waals surface area contributed by atoms with E-state index in [1.807, 2.05) is 31.2 Å². The highest BCUT2D eigenvalue weighted by Crippen LogP contribution is 2.18. The van der Waals surface area contributed by atoms with Gasteiger partial charge >= 0.3 is 0 Å². The molecule has 2 aromatic carbocycles. The van der Waals surface area contributed by atoms with E-state index in [9.17, 15) is 8.42 Å². The molecule has 7 heteroatoms. The van der Waals surface area contributed by atoms with E-state index >= 15 is 0 Å². The van der Waals surface area contributed by atoms with Crippen molar-refractivity contribution in [3.63, 3.8) is 0 Å². The van der Waals surface area contributed by atoms with Crippen molar-refractivity contribution >= 4 is 21.6 Å². The van der Waals surface area contributed by atoms with Crippen molar-refractivity contribution in [2.75, 3.05) is 39.3 Å². The lowest BCUT2D eigenvalue weighted by molar-refractivity contribution is 0.159. The first-order valence-electron chi connectivity index (χ1n) is 8.63. The largest absolute Gasteiger partial charge is 0.492 e. The Hall–Kier alpha value is -1.60. The maximum atomic E-state index is 12.7. The van der Waals surface area contributed by atoms with Crippen LogP contribution in [0.5, 0.6) is 5.75 Å². The molecule has 1 heterocycles. The number of nitrogens with zero attached hydrogens (tertiary/aromatic N) is 2. The number of ether oxygens (including phenoxy) is 1. The van der Waals surface area contributed by atoms with E-state index in [1.54, 1.807) is 28.6 Å². The fourth-order valence-electron chi connectivity index (χ4n) is 2.88. The molecular weight excluding hydrogens is 372 g/mol. The van der Waals surface area contributed by atoms with E-state index < -0.39 is 10.0 Å². The van der Waals surface area contributed by atoms with Crippen LogP contribution >= 0.6 is 11.6 Å². The third-order valence-electron chi connectivity index (χ3n) is 4.48. The minimum Gasteiger partial charge on any atom is -0.492 e. The average Bonchev–Trinajstić information content (AvgIpc) is 2.64. The Kier molecular flexibility index (Phi) is 6.19. The van der Waals surface area contributed by atoms with E-state index in [0.29, 0.717) is 42.7 Å². The minimum absolute atomic E-state index is 0.364. The molecule has 2 aromatic rings. The average molecular weight is 395 g/mol. The highest BCUT2D eigenvalue weighted by atomic mass is 35.5. The molecule has 0 radical (unpaired) electrons. The monoisotopic (exact) mass is 394 g/mol. The number of benzene rings is 2. The summed E-state index contributed by atoms with van der Waals surface area (Å²) in [7, 11) is -3.41. The topological polar surface area (TPSA) is 49.9 Å². The van der Waals surface area contributed by atoms with Crippen LogP contribution in [-0.2, 0) is 10.0 Å². The first kappa shape index (κ1) is 19.2. The number of aryl methyl sites for hydroxylation is 1. The molecule has 26 heavy (non-hydrogen) atoms. The number of piperazine rings is 1. The first-order valence-corrected chi connectivity index (χ1v) is 10.4.